The van der Waals surface area contributed by atoms with Crippen LogP contribution in [0.5, 0.6) is 0 Å². The molecular formula is C14H24N2O. The summed E-state index contributed by atoms with van der Waals surface area (Å²) in [5.41, 5.74) is 0. The molecule has 3 nitrogen and oxygen atoms in total. The Morgan fingerprint density at radius 3 is 2.29 bits per heavy atom. The van der Waals surface area contributed by atoms with Gasteiger partial charge in [-0.2, -0.15) is 0 Å². The van der Waals surface area contributed by atoms with Gasteiger partial charge in [0.15, 0.2) is 0 Å². The van der Waals surface area contributed by atoms with E-state index in [-0.39, 0.29) is 11.8 Å². The van der Waals surface area contributed by atoms with Crippen LogP contribution in [0.1, 0.15) is 40.5 Å². The van der Waals surface area contributed by atoms with Crippen LogP contribution in [-0.4, -0.2) is 36.0 Å². The standard InChI is InChI=1S/C14H24N2O/c1-11(2)16(12(3)4)10-6-5-9-15-14(17)13-7-8-13/h11-13H,7-10H2,1-4H3,(H,15,17). The lowest BCUT2D eigenvalue weighted by molar-refractivity contribution is -0.122. The van der Waals surface area contributed by atoms with E-state index >= 15 is 0 Å². The third kappa shape index (κ3) is 5.23. The molecule has 96 valence electrons. The maximum absolute atomic E-state index is 11.3. The molecule has 1 aliphatic carbocycles. The van der Waals surface area contributed by atoms with E-state index in [1.54, 1.807) is 0 Å². The van der Waals surface area contributed by atoms with E-state index in [1.807, 2.05) is 0 Å². The van der Waals surface area contributed by atoms with E-state index in [4.69, 9.17) is 0 Å². The van der Waals surface area contributed by atoms with Gasteiger partial charge in [0.1, 0.15) is 0 Å². The van der Waals surface area contributed by atoms with Crippen LogP contribution in [0, 0.1) is 17.8 Å². The minimum atomic E-state index is 0.170. The highest BCUT2D eigenvalue weighted by Gasteiger charge is 2.28. The summed E-state index contributed by atoms with van der Waals surface area (Å²) in [4.78, 5) is 13.7. The van der Waals surface area contributed by atoms with Crippen molar-refractivity contribution in [3.05, 3.63) is 0 Å². The molecule has 0 atom stereocenters. The van der Waals surface area contributed by atoms with E-state index in [9.17, 15) is 4.79 Å². The lowest BCUT2D eigenvalue weighted by Crippen LogP contribution is -2.37. The predicted molar refractivity (Wildman–Crippen MR) is 70.5 cm³/mol. The number of hydrogen-bond donors (Lipinski definition) is 1. The van der Waals surface area contributed by atoms with Crippen molar-refractivity contribution in [1.82, 2.24) is 10.2 Å². The molecule has 0 bridgehead atoms. The molecular weight excluding hydrogens is 212 g/mol. The fourth-order valence-corrected chi connectivity index (χ4v) is 1.79. The average Bonchev–Trinajstić information content (AvgIpc) is 3.04. The molecule has 0 unspecified atom stereocenters. The van der Waals surface area contributed by atoms with Crippen molar-refractivity contribution >= 4 is 5.91 Å². The molecule has 0 saturated heterocycles. The second-order valence-corrected chi connectivity index (χ2v) is 5.21. The van der Waals surface area contributed by atoms with Gasteiger partial charge in [0.2, 0.25) is 5.91 Å². The molecule has 1 N–H and O–H groups in total. The highest BCUT2D eigenvalue weighted by molar-refractivity contribution is 5.81. The lowest BCUT2D eigenvalue weighted by atomic mass is 10.2. The molecule has 1 rings (SSSR count). The van der Waals surface area contributed by atoms with Crippen LogP contribution >= 0.6 is 0 Å². The Balaban J connectivity index is 2.21. The summed E-state index contributed by atoms with van der Waals surface area (Å²) in [6, 6.07) is 1.01. The molecule has 0 aromatic rings. The van der Waals surface area contributed by atoms with Gasteiger partial charge in [-0.15, -0.1) is 0 Å². The number of amides is 1. The normalized spacial score (nSPS) is 15.0. The van der Waals surface area contributed by atoms with Crippen LogP contribution in [-0.2, 0) is 4.79 Å². The van der Waals surface area contributed by atoms with Crippen LogP contribution < -0.4 is 5.32 Å². The van der Waals surface area contributed by atoms with Gasteiger partial charge in [-0.05, 0) is 40.5 Å². The van der Waals surface area contributed by atoms with Crippen molar-refractivity contribution < 1.29 is 4.79 Å². The van der Waals surface area contributed by atoms with Crippen LogP contribution in [0.15, 0.2) is 0 Å². The van der Waals surface area contributed by atoms with Crippen molar-refractivity contribution in [1.29, 1.82) is 0 Å². The minimum Gasteiger partial charge on any atom is -0.345 e. The average molecular weight is 236 g/mol. The first-order valence-corrected chi connectivity index (χ1v) is 6.51. The molecule has 0 aliphatic heterocycles. The van der Waals surface area contributed by atoms with E-state index in [0.717, 1.165) is 19.4 Å². The first kappa shape index (κ1) is 14.1. The summed E-state index contributed by atoms with van der Waals surface area (Å²) in [5, 5.41) is 2.85. The summed E-state index contributed by atoms with van der Waals surface area (Å²) < 4.78 is 0. The van der Waals surface area contributed by atoms with Crippen LogP contribution in [0.25, 0.3) is 0 Å². The van der Waals surface area contributed by atoms with Crippen molar-refractivity contribution in [3.8, 4) is 11.8 Å². The molecule has 0 aromatic carbocycles. The summed E-state index contributed by atoms with van der Waals surface area (Å²) in [7, 11) is 0. The van der Waals surface area contributed by atoms with E-state index in [0.29, 0.717) is 18.6 Å². The smallest absolute Gasteiger partial charge is 0.223 e. The molecule has 17 heavy (non-hydrogen) atoms. The first-order valence-electron chi connectivity index (χ1n) is 6.51. The number of rotatable bonds is 5. The lowest BCUT2D eigenvalue weighted by Gasteiger charge is -2.28. The van der Waals surface area contributed by atoms with Gasteiger partial charge in [0, 0.05) is 18.0 Å². The largest absolute Gasteiger partial charge is 0.345 e. The van der Waals surface area contributed by atoms with Crippen LogP contribution in [0.4, 0.5) is 0 Å². The Morgan fingerprint density at radius 1 is 1.24 bits per heavy atom. The van der Waals surface area contributed by atoms with E-state index in [1.165, 1.54) is 0 Å². The number of carbonyl (C=O) groups excluding carboxylic acids is 1. The minimum absolute atomic E-state index is 0.170. The topological polar surface area (TPSA) is 32.3 Å². The van der Waals surface area contributed by atoms with Crippen LogP contribution in [0.3, 0.4) is 0 Å². The highest BCUT2D eigenvalue weighted by Crippen LogP contribution is 2.28. The molecule has 0 radical (unpaired) electrons. The first-order chi connectivity index (χ1) is 8.02. The SMILES string of the molecule is CC(C)N(CC#CCNC(=O)C1CC1)C(C)C. The summed E-state index contributed by atoms with van der Waals surface area (Å²) in [6.07, 6.45) is 2.10. The maximum Gasteiger partial charge on any atom is 0.223 e. The quantitative estimate of drug-likeness (QED) is 0.736. The Kier molecular flexibility index (Phi) is 5.50. The third-order valence-corrected chi connectivity index (χ3v) is 3.01. The molecule has 3 heteroatoms. The van der Waals surface area contributed by atoms with Crippen molar-refractivity contribution in [2.24, 2.45) is 5.92 Å². The van der Waals surface area contributed by atoms with Gasteiger partial charge in [0.25, 0.3) is 0 Å². The molecule has 1 saturated carbocycles. The predicted octanol–water partition coefficient (Wildman–Crippen LogP) is 1.63. The number of nitrogens with one attached hydrogen (secondary N) is 1. The number of hydrogen-bond acceptors (Lipinski definition) is 2. The Hall–Kier alpha value is -1.01. The fraction of sp³-hybridized carbons (Fsp3) is 0.786. The monoisotopic (exact) mass is 236 g/mol. The third-order valence-electron chi connectivity index (χ3n) is 3.01. The Bertz CT molecular complexity index is 300. The van der Waals surface area contributed by atoms with Crippen molar-refractivity contribution in [2.45, 2.75) is 52.6 Å². The van der Waals surface area contributed by atoms with Gasteiger partial charge < -0.3 is 5.32 Å². The molecule has 0 spiro atoms. The van der Waals surface area contributed by atoms with E-state index in [2.05, 4.69) is 49.8 Å². The number of nitrogens with zero attached hydrogens (tertiary/aromatic N) is 1. The van der Waals surface area contributed by atoms with Gasteiger partial charge >= 0.3 is 0 Å². The zero-order valence-corrected chi connectivity index (χ0v) is 11.4. The Labute approximate surface area is 105 Å². The van der Waals surface area contributed by atoms with Crippen molar-refractivity contribution in [2.75, 3.05) is 13.1 Å². The Morgan fingerprint density at radius 2 is 1.82 bits per heavy atom. The molecule has 1 fully saturated rings. The number of carbonyl (C=O) groups is 1. The maximum atomic E-state index is 11.3. The summed E-state index contributed by atoms with van der Waals surface area (Å²) >= 11 is 0. The second-order valence-electron chi connectivity index (χ2n) is 5.21. The van der Waals surface area contributed by atoms with E-state index < -0.39 is 0 Å². The molecule has 1 amide bonds. The zero-order chi connectivity index (χ0) is 12.8. The van der Waals surface area contributed by atoms with Crippen LogP contribution in [0.2, 0.25) is 0 Å². The van der Waals surface area contributed by atoms with Gasteiger partial charge in [0.05, 0.1) is 13.1 Å². The summed E-state index contributed by atoms with van der Waals surface area (Å²) in [6.45, 7) is 9.97. The molecule has 1 aliphatic rings. The molecule has 0 aromatic heterocycles. The summed E-state index contributed by atoms with van der Waals surface area (Å²) in [5.74, 6) is 6.59. The highest BCUT2D eigenvalue weighted by atomic mass is 16.2. The zero-order valence-electron chi connectivity index (χ0n) is 11.4. The molecule has 0 heterocycles. The van der Waals surface area contributed by atoms with Crippen molar-refractivity contribution in [3.63, 3.8) is 0 Å². The van der Waals surface area contributed by atoms with Gasteiger partial charge in [-0.1, -0.05) is 11.8 Å². The van der Waals surface area contributed by atoms with Gasteiger partial charge in [-0.25, -0.2) is 0 Å². The van der Waals surface area contributed by atoms with Gasteiger partial charge in [-0.3, -0.25) is 9.69 Å². The second kappa shape index (κ2) is 6.66. The fourth-order valence-electron chi connectivity index (χ4n) is 1.79.